The van der Waals surface area contributed by atoms with Crippen molar-refractivity contribution in [2.24, 2.45) is 0 Å². The van der Waals surface area contributed by atoms with Crippen LogP contribution in [-0.4, -0.2) is 18.5 Å². The number of benzene rings is 3. The van der Waals surface area contributed by atoms with Gasteiger partial charge in [0, 0.05) is 0 Å². The Labute approximate surface area is 163 Å². The van der Waals surface area contributed by atoms with Gasteiger partial charge in [0.1, 0.15) is 5.82 Å². The molecule has 0 fully saturated rings. The second-order valence-electron chi connectivity index (χ2n) is 6.31. The number of nitrogens with one attached hydrogen (secondary N) is 1. The molecule has 0 heterocycles. The molecule has 3 aromatic rings. The molecule has 0 radical (unpaired) electrons. The summed E-state index contributed by atoms with van der Waals surface area (Å²) in [4.78, 5) is 24.3. The van der Waals surface area contributed by atoms with Gasteiger partial charge in [-0.15, -0.1) is 0 Å². The summed E-state index contributed by atoms with van der Waals surface area (Å²) in [7, 11) is 0. The van der Waals surface area contributed by atoms with Gasteiger partial charge in [0.05, 0.1) is 11.6 Å². The van der Waals surface area contributed by atoms with Crippen molar-refractivity contribution in [2.45, 2.75) is 12.5 Å². The molecule has 1 N–H and O–H groups in total. The lowest BCUT2D eigenvalue weighted by molar-refractivity contribution is -0.125. The molecular formula is C23H20FNO3. The molecule has 3 aromatic carbocycles. The third-order valence-corrected chi connectivity index (χ3v) is 4.21. The smallest absolute Gasteiger partial charge is 0.338 e. The Bertz CT molecular complexity index is 929. The van der Waals surface area contributed by atoms with Crippen LogP contribution in [0.15, 0.2) is 84.9 Å². The van der Waals surface area contributed by atoms with E-state index in [1.807, 2.05) is 60.7 Å². The summed E-state index contributed by atoms with van der Waals surface area (Å²) in [5, 5.41) is 2.91. The molecule has 0 aliphatic carbocycles. The highest BCUT2D eigenvalue weighted by atomic mass is 19.1. The minimum absolute atomic E-state index is 0.0664. The van der Waals surface area contributed by atoms with E-state index in [0.717, 1.165) is 17.2 Å². The highest BCUT2D eigenvalue weighted by Crippen LogP contribution is 2.18. The molecule has 1 atom stereocenters. The number of carbonyl (C=O) groups is 2. The summed E-state index contributed by atoms with van der Waals surface area (Å²) in [6.07, 6.45) is 0.606. The van der Waals surface area contributed by atoms with Crippen molar-refractivity contribution in [2.75, 3.05) is 6.61 Å². The van der Waals surface area contributed by atoms with E-state index in [1.54, 1.807) is 0 Å². The van der Waals surface area contributed by atoms with Crippen molar-refractivity contribution < 1.29 is 18.7 Å². The SMILES string of the molecule is O=C(COC(=O)c1cccc(F)c1)N[C@H](Cc1ccccc1)c1ccccc1. The van der Waals surface area contributed by atoms with Crippen molar-refractivity contribution >= 4 is 11.9 Å². The molecule has 0 saturated carbocycles. The summed E-state index contributed by atoms with van der Waals surface area (Å²) in [5.41, 5.74) is 2.10. The zero-order chi connectivity index (χ0) is 19.8. The fraction of sp³-hybridized carbons (Fsp3) is 0.130. The van der Waals surface area contributed by atoms with E-state index >= 15 is 0 Å². The number of amides is 1. The van der Waals surface area contributed by atoms with Crippen LogP contribution in [0.5, 0.6) is 0 Å². The van der Waals surface area contributed by atoms with Gasteiger partial charge < -0.3 is 10.1 Å². The van der Waals surface area contributed by atoms with Crippen LogP contribution in [0, 0.1) is 5.82 Å². The highest BCUT2D eigenvalue weighted by molar-refractivity contribution is 5.91. The quantitative estimate of drug-likeness (QED) is 0.631. The lowest BCUT2D eigenvalue weighted by atomic mass is 9.99. The minimum Gasteiger partial charge on any atom is -0.452 e. The number of hydrogen-bond donors (Lipinski definition) is 1. The van der Waals surface area contributed by atoms with Gasteiger partial charge >= 0.3 is 5.97 Å². The highest BCUT2D eigenvalue weighted by Gasteiger charge is 2.17. The van der Waals surface area contributed by atoms with E-state index in [0.29, 0.717) is 6.42 Å². The molecule has 0 bridgehead atoms. The summed E-state index contributed by atoms with van der Waals surface area (Å²) < 4.78 is 18.2. The maximum Gasteiger partial charge on any atom is 0.338 e. The Morgan fingerprint density at radius 1 is 0.893 bits per heavy atom. The average Bonchev–Trinajstić information content (AvgIpc) is 2.73. The van der Waals surface area contributed by atoms with E-state index in [9.17, 15) is 14.0 Å². The predicted molar refractivity (Wildman–Crippen MR) is 104 cm³/mol. The number of esters is 1. The van der Waals surface area contributed by atoms with E-state index < -0.39 is 24.3 Å². The van der Waals surface area contributed by atoms with Gasteiger partial charge in [-0.1, -0.05) is 66.7 Å². The fourth-order valence-electron chi connectivity index (χ4n) is 2.85. The van der Waals surface area contributed by atoms with Gasteiger partial charge in [0.2, 0.25) is 0 Å². The molecule has 4 nitrogen and oxygen atoms in total. The Balaban J connectivity index is 1.63. The van der Waals surface area contributed by atoms with Crippen LogP contribution in [0.1, 0.15) is 27.5 Å². The van der Waals surface area contributed by atoms with Crippen LogP contribution >= 0.6 is 0 Å². The molecule has 0 saturated heterocycles. The standard InChI is InChI=1S/C23H20FNO3/c24-20-13-7-12-19(15-20)23(27)28-16-22(26)25-21(18-10-5-2-6-11-18)14-17-8-3-1-4-9-17/h1-13,15,21H,14,16H2,(H,25,26)/t21-/m1/s1. The summed E-state index contributed by atoms with van der Waals surface area (Å²) in [6.45, 7) is -0.437. The summed E-state index contributed by atoms with van der Waals surface area (Å²) >= 11 is 0. The van der Waals surface area contributed by atoms with Crippen LogP contribution in [0.3, 0.4) is 0 Å². The largest absolute Gasteiger partial charge is 0.452 e. The van der Waals surface area contributed by atoms with E-state index in [4.69, 9.17) is 4.74 Å². The third kappa shape index (κ3) is 5.51. The normalized spacial score (nSPS) is 11.5. The van der Waals surface area contributed by atoms with Gasteiger partial charge in [0.15, 0.2) is 6.61 Å². The number of rotatable bonds is 7. The number of hydrogen-bond acceptors (Lipinski definition) is 3. The summed E-state index contributed by atoms with van der Waals surface area (Å²) in [6, 6.07) is 24.3. The molecule has 5 heteroatoms. The topological polar surface area (TPSA) is 55.4 Å². The second-order valence-corrected chi connectivity index (χ2v) is 6.31. The molecule has 0 unspecified atom stereocenters. The maximum atomic E-state index is 13.2. The van der Waals surface area contributed by atoms with Crippen molar-refractivity contribution in [3.63, 3.8) is 0 Å². The van der Waals surface area contributed by atoms with Gasteiger partial charge in [-0.2, -0.15) is 0 Å². The molecule has 0 aromatic heterocycles. The Hall–Kier alpha value is -3.47. The molecule has 0 aliphatic heterocycles. The Morgan fingerprint density at radius 2 is 1.57 bits per heavy atom. The van der Waals surface area contributed by atoms with Gasteiger partial charge in [-0.25, -0.2) is 9.18 Å². The van der Waals surface area contributed by atoms with Gasteiger partial charge in [-0.05, 0) is 35.7 Å². The molecule has 0 aliphatic rings. The first kappa shape index (κ1) is 19.3. The van der Waals surface area contributed by atoms with Crippen molar-refractivity contribution in [3.05, 3.63) is 107 Å². The van der Waals surface area contributed by atoms with Crippen LogP contribution in [0.4, 0.5) is 4.39 Å². The Morgan fingerprint density at radius 3 is 2.25 bits per heavy atom. The zero-order valence-corrected chi connectivity index (χ0v) is 15.2. The first-order chi connectivity index (χ1) is 13.6. The predicted octanol–water partition coefficient (Wildman–Crippen LogP) is 4.08. The molecule has 1 amide bonds. The molecule has 142 valence electrons. The van der Waals surface area contributed by atoms with Gasteiger partial charge in [0.25, 0.3) is 5.91 Å². The average molecular weight is 377 g/mol. The van der Waals surface area contributed by atoms with E-state index in [2.05, 4.69) is 5.32 Å². The number of halogens is 1. The summed E-state index contributed by atoms with van der Waals surface area (Å²) in [5.74, 6) is -1.70. The molecule has 28 heavy (non-hydrogen) atoms. The van der Waals surface area contributed by atoms with Crippen LogP contribution in [0.2, 0.25) is 0 Å². The maximum absolute atomic E-state index is 13.2. The van der Waals surface area contributed by atoms with Crippen molar-refractivity contribution in [1.29, 1.82) is 0 Å². The minimum atomic E-state index is -0.742. The van der Waals surface area contributed by atoms with Crippen molar-refractivity contribution in [3.8, 4) is 0 Å². The number of carbonyl (C=O) groups excluding carboxylic acids is 2. The fourth-order valence-corrected chi connectivity index (χ4v) is 2.85. The number of ether oxygens (including phenoxy) is 1. The van der Waals surface area contributed by atoms with E-state index in [1.165, 1.54) is 18.2 Å². The monoisotopic (exact) mass is 377 g/mol. The first-order valence-corrected chi connectivity index (χ1v) is 8.93. The van der Waals surface area contributed by atoms with Crippen LogP contribution in [0.25, 0.3) is 0 Å². The molecule has 0 spiro atoms. The van der Waals surface area contributed by atoms with Crippen molar-refractivity contribution in [1.82, 2.24) is 5.32 Å². The second kappa shape index (κ2) is 9.46. The lowest BCUT2D eigenvalue weighted by Crippen LogP contribution is -2.33. The molecule has 3 rings (SSSR count). The van der Waals surface area contributed by atoms with Gasteiger partial charge in [-0.3, -0.25) is 4.79 Å². The Kier molecular flexibility index (Phi) is 6.52. The van der Waals surface area contributed by atoms with Crippen LogP contribution < -0.4 is 5.32 Å². The first-order valence-electron chi connectivity index (χ1n) is 8.93. The van der Waals surface area contributed by atoms with E-state index in [-0.39, 0.29) is 11.6 Å². The zero-order valence-electron chi connectivity index (χ0n) is 15.2. The molecular weight excluding hydrogens is 357 g/mol. The lowest BCUT2D eigenvalue weighted by Gasteiger charge is -2.19. The van der Waals surface area contributed by atoms with Crippen LogP contribution in [-0.2, 0) is 16.0 Å². The third-order valence-electron chi connectivity index (χ3n) is 4.21.